The van der Waals surface area contributed by atoms with Crippen LogP contribution in [0.2, 0.25) is 0 Å². The molecule has 29 heavy (non-hydrogen) atoms. The van der Waals surface area contributed by atoms with E-state index in [-0.39, 0.29) is 11.8 Å². The number of benzene rings is 1. The molecule has 1 atom stereocenters. The van der Waals surface area contributed by atoms with E-state index in [4.69, 9.17) is 9.47 Å². The number of carbonyl (C=O) groups is 2. The van der Waals surface area contributed by atoms with E-state index in [9.17, 15) is 9.59 Å². The molecule has 0 N–H and O–H groups in total. The largest absolute Gasteiger partial charge is 0.466 e. The smallest absolute Gasteiger partial charge is 0.351 e. The number of ether oxygens (including phenoxy) is 2. The third-order valence-electron chi connectivity index (χ3n) is 5.84. The first-order chi connectivity index (χ1) is 13.7. The predicted molar refractivity (Wildman–Crippen MR) is 115 cm³/mol. The van der Waals surface area contributed by atoms with Crippen molar-refractivity contribution < 1.29 is 19.1 Å². The Balaban J connectivity index is 1.94. The Morgan fingerprint density at radius 2 is 1.90 bits per heavy atom. The summed E-state index contributed by atoms with van der Waals surface area (Å²) in [5.74, 6) is -1.01. The number of esters is 2. The van der Waals surface area contributed by atoms with Crippen molar-refractivity contribution in [3.05, 3.63) is 58.7 Å². The summed E-state index contributed by atoms with van der Waals surface area (Å²) in [6, 6.07) is 8.94. The number of carbonyl (C=O) groups excluding carboxylic acids is 2. The number of hydrogen-bond acceptors (Lipinski definition) is 4. The SMILES string of the molecule is COC(=O)[C@H](OC(=O)CC=C(C)CCC1=C(C)CCCC1(C)C)c1ccccc1. The molecule has 0 saturated carbocycles. The molecule has 4 heteroatoms. The summed E-state index contributed by atoms with van der Waals surface area (Å²) in [7, 11) is 1.29. The van der Waals surface area contributed by atoms with Gasteiger partial charge in [0.15, 0.2) is 0 Å². The van der Waals surface area contributed by atoms with Gasteiger partial charge in [-0.15, -0.1) is 0 Å². The maximum absolute atomic E-state index is 12.3. The average Bonchev–Trinajstić information content (AvgIpc) is 2.69. The lowest BCUT2D eigenvalue weighted by atomic mass is 9.71. The van der Waals surface area contributed by atoms with E-state index < -0.39 is 18.0 Å². The molecule has 2 rings (SSSR count). The Morgan fingerprint density at radius 3 is 2.52 bits per heavy atom. The molecule has 0 bridgehead atoms. The highest BCUT2D eigenvalue weighted by molar-refractivity contribution is 5.81. The molecule has 0 saturated heterocycles. The van der Waals surface area contributed by atoms with E-state index in [1.807, 2.05) is 19.1 Å². The van der Waals surface area contributed by atoms with Crippen molar-refractivity contribution in [2.24, 2.45) is 5.41 Å². The van der Waals surface area contributed by atoms with Crippen LogP contribution in [0.1, 0.15) is 77.9 Å². The second-order valence-electron chi connectivity index (χ2n) is 8.55. The van der Waals surface area contributed by atoms with Crippen LogP contribution in [-0.4, -0.2) is 19.0 Å². The molecule has 0 amide bonds. The van der Waals surface area contributed by atoms with E-state index in [1.165, 1.54) is 31.9 Å². The maximum Gasteiger partial charge on any atom is 0.351 e. The van der Waals surface area contributed by atoms with E-state index in [0.29, 0.717) is 5.56 Å². The summed E-state index contributed by atoms with van der Waals surface area (Å²) in [5.41, 5.74) is 5.13. The molecule has 4 nitrogen and oxygen atoms in total. The van der Waals surface area contributed by atoms with E-state index in [1.54, 1.807) is 29.8 Å². The van der Waals surface area contributed by atoms with Gasteiger partial charge in [0.25, 0.3) is 0 Å². The summed E-state index contributed by atoms with van der Waals surface area (Å²) in [6.45, 7) is 8.97. The summed E-state index contributed by atoms with van der Waals surface area (Å²) in [5, 5.41) is 0. The minimum Gasteiger partial charge on any atom is -0.466 e. The van der Waals surface area contributed by atoms with Crippen LogP contribution in [0.3, 0.4) is 0 Å². The van der Waals surface area contributed by atoms with Gasteiger partial charge in [-0.2, -0.15) is 0 Å². The maximum atomic E-state index is 12.3. The standard InChI is InChI=1S/C25H34O4/c1-18(13-15-21-19(2)10-9-17-25(21,3)4)14-16-22(26)29-23(24(27)28-5)20-11-7-6-8-12-20/h6-8,11-12,14,23H,9-10,13,15-17H2,1-5H3/t23-/m1/s1. The van der Waals surface area contributed by atoms with Gasteiger partial charge in [0.05, 0.1) is 13.5 Å². The van der Waals surface area contributed by atoms with Gasteiger partial charge >= 0.3 is 11.9 Å². The van der Waals surface area contributed by atoms with Crippen LogP contribution in [0.4, 0.5) is 0 Å². The molecule has 0 spiro atoms. The van der Waals surface area contributed by atoms with Gasteiger partial charge in [0.2, 0.25) is 6.10 Å². The highest BCUT2D eigenvalue weighted by atomic mass is 16.6. The Morgan fingerprint density at radius 1 is 1.21 bits per heavy atom. The van der Waals surface area contributed by atoms with Gasteiger partial charge in [0.1, 0.15) is 0 Å². The van der Waals surface area contributed by atoms with E-state index >= 15 is 0 Å². The molecular weight excluding hydrogens is 364 g/mol. The number of rotatable bonds is 8. The fourth-order valence-corrected chi connectivity index (χ4v) is 4.08. The first-order valence-electron chi connectivity index (χ1n) is 10.4. The molecule has 0 unspecified atom stereocenters. The zero-order chi connectivity index (χ0) is 21.4. The lowest BCUT2D eigenvalue weighted by molar-refractivity contribution is -0.166. The Bertz CT molecular complexity index is 771. The first kappa shape index (κ1) is 22.9. The van der Waals surface area contributed by atoms with Crippen LogP contribution < -0.4 is 0 Å². The average molecular weight is 399 g/mol. The molecule has 1 aliphatic carbocycles. The van der Waals surface area contributed by atoms with Gasteiger partial charge in [-0.1, -0.05) is 67.0 Å². The van der Waals surface area contributed by atoms with Crippen LogP contribution >= 0.6 is 0 Å². The molecule has 1 aromatic carbocycles. The molecular formula is C25H34O4. The summed E-state index contributed by atoms with van der Waals surface area (Å²) in [4.78, 5) is 24.4. The monoisotopic (exact) mass is 398 g/mol. The number of hydrogen-bond donors (Lipinski definition) is 0. The molecule has 0 aliphatic heterocycles. The predicted octanol–water partition coefficient (Wildman–Crippen LogP) is 6.09. The lowest BCUT2D eigenvalue weighted by Crippen LogP contribution is -2.21. The summed E-state index contributed by atoms with van der Waals surface area (Å²) in [6.07, 6.45) is 6.70. The van der Waals surface area contributed by atoms with E-state index in [2.05, 4.69) is 20.8 Å². The van der Waals surface area contributed by atoms with Crippen molar-refractivity contribution in [2.75, 3.05) is 7.11 Å². The highest BCUT2D eigenvalue weighted by Crippen LogP contribution is 2.42. The second-order valence-corrected chi connectivity index (χ2v) is 8.55. The van der Waals surface area contributed by atoms with Gasteiger partial charge in [0, 0.05) is 5.56 Å². The van der Waals surface area contributed by atoms with Crippen LogP contribution in [0.5, 0.6) is 0 Å². The molecule has 1 aromatic rings. The van der Waals surface area contributed by atoms with Crippen molar-refractivity contribution in [3.63, 3.8) is 0 Å². The van der Waals surface area contributed by atoms with Gasteiger partial charge in [-0.05, 0) is 51.4 Å². The molecule has 1 aliphatic rings. The molecule has 0 heterocycles. The molecule has 0 fully saturated rings. The molecule has 158 valence electrons. The zero-order valence-electron chi connectivity index (χ0n) is 18.4. The highest BCUT2D eigenvalue weighted by Gasteiger charge is 2.28. The van der Waals surface area contributed by atoms with Gasteiger partial charge in [-0.3, -0.25) is 4.79 Å². The van der Waals surface area contributed by atoms with Crippen LogP contribution in [0.15, 0.2) is 53.1 Å². The van der Waals surface area contributed by atoms with Crippen molar-refractivity contribution in [1.82, 2.24) is 0 Å². The molecule has 0 radical (unpaired) electrons. The Labute approximate surface area is 175 Å². The number of allylic oxidation sites excluding steroid dienone is 3. The van der Waals surface area contributed by atoms with Crippen LogP contribution in [-0.2, 0) is 19.1 Å². The minimum atomic E-state index is -1.03. The Hall–Kier alpha value is -2.36. The normalized spacial score (nSPS) is 17.6. The van der Waals surface area contributed by atoms with Crippen LogP contribution in [0.25, 0.3) is 0 Å². The molecule has 0 aromatic heterocycles. The van der Waals surface area contributed by atoms with Crippen molar-refractivity contribution in [2.45, 2.75) is 72.3 Å². The lowest BCUT2D eigenvalue weighted by Gasteiger charge is -2.34. The fraction of sp³-hybridized carbons (Fsp3) is 0.520. The summed E-state index contributed by atoms with van der Waals surface area (Å²) >= 11 is 0. The van der Waals surface area contributed by atoms with Gasteiger partial charge < -0.3 is 9.47 Å². The van der Waals surface area contributed by atoms with Crippen LogP contribution in [0, 0.1) is 5.41 Å². The van der Waals surface area contributed by atoms with Crippen molar-refractivity contribution >= 4 is 11.9 Å². The van der Waals surface area contributed by atoms with Crippen molar-refractivity contribution in [1.29, 1.82) is 0 Å². The zero-order valence-corrected chi connectivity index (χ0v) is 18.4. The third-order valence-corrected chi connectivity index (χ3v) is 5.84. The first-order valence-corrected chi connectivity index (χ1v) is 10.4. The van der Waals surface area contributed by atoms with Gasteiger partial charge in [-0.25, -0.2) is 4.79 Å². The third kappa shape index (κ3) is 6.59. The second kappa shape index (κ2) is 10.4. The quantitative estimate of drug-likeness (QED) is 0.393. The van der Waals surface area contributed by atoms with E-state index in [0.717, 1.165) is 18.4 Å². The fourth-order valence-electron chi connectivity index (χ4n) is 4.08. The topological polar surface area (TPSA) is 52.6 Å². The van der Waals surface area contributed by atoms with Crippen molar-refractivity contribution in [3.8, 4) is 0 Å². The number of methoxy groups -OCH3 is 1. The minimum absolute atomic E-state index is 0.146. The Kier molecular flexibility index (Phi) is 8.24. The summed E-state index contributed by atoms with van der Waals surface area (Å²) < 4.78 is 10.2.